The van der Waals surface area contributed by atoms with Gasteiger partial charge < -0.3 is 20.3 Å². The molecule has 2 aliphatic rings. The van der Waals surface area contributed by atoms with Crippen LogP contribution in [-0.4, -0.2) is 87.4 Å². The van der Waals surface area contributed by atoms with Crippen molar-refractivity contribution in [1.82, 2.24) is 9.21 Å². The molecule has 4 rings (SSSR count). The molecule has 2 aromatic rings. The van der Waals surface area contributed by atoms with Gasteiger partial charge in [0.15, 0.2) is 0 Å². The van der Waals surface area contributed by atoms with Crippen molar-refractivity contribution < 1.29 is 17.5 Å². The molecule has 0 saturated carbocycles. The van der Waals surface area contributed by atoms with Gasteiger partial charge >= 0.3 is 0 Å². The molecule has 9 heteroatoms. The quantitative estimate of drug-likeness (QED) is 0.212. The zero-order valence-electron chi connectivity index (χ0n) is 30.3. The Balaban J connectivity index is 1.37. The van der Waals surface area contributed by atoms with Crippen molar-refractivity contribution in [3.63, 3.8) is 0 Å². The Morgan fingerprint density at radius 1 is 1.02 bits per heavy atom. The number of hydrogen-bond donors (Lipinski definition) is 1. The van der Waals surface area contributed by atoms with Crippen molar-refractivity contribution in [3.05, 3.63) is 65.0 Å². The lowest BCUT2D eigenvalue weighted by atomic mass is 9.78. The Morgan fingerprint density at radius 3 is 2.28 bits per heavy atom. The van der Waals surface area contributed by atoms with Crippen molar-refractivity contribution in [2.45, 2.75) is 108 Å². The molecule has 2 aromatic carbocycles. The highest BCUT2D eigenvalue weighted by Gasteiger charge is 2.41. The van der Waals surface area contributed by atoms with E-state index in [4.69, 9.17) is 10.5 Å². The fraction of sp³-hybridized carbons (Fsp3) is 0.684. The second-order valence-corrected chi connectivity index (χ2v) is 17.9. The Labute approximate surface area is 285 Å². The summed E-state index contributed by atoms with van der Waals surface area (Å²) in [6.45, 7) is 15.3. The Hall–Kier alpha value is -2.04. The summed E-state index contributed by atoms with van der Waals surface area (Å²) in [5, 5.41) is 0. The highest BCUT2D eigenvalue weighted by molar-refractivity contribution is 7.90. The van der Waals surface area contributed by atoms with Gasteiger partial charge in [0, 0.05) is 44.5 Å². The molecule has 47 heavy (non-hydrogen) atoms. The van der Waals surface area contributed by atoms with Gasteiger partial charge in [-0.2, -0.15) is 4.31 Å². The minimum absolute atomic E-state index is 0.0455. The van der Waals surface area contributed by atoms with Crippen molar-refractivity contribution in [2.24, 2.45) is 11.7 Å². The van der Waals surface area contributed by atoms with Crippen LogP contribution in [0.4, 0.5) is 10.1 Å². The smallest absolute Gasteiger partial charge is 0.219 e. The molecule has 1 heterocycles. The number of halogens is 1. The van der Waals surface area contributed by atoms with Crippen LogP contribution in [0, 0.1) is 11.7 Å². The lowest BCUT2D eigenvalue weighted by molar-refractivity contribution is -0.0250. The van der Waals surface area contributed by atoms with Gasteiger partial charge in [0.25, 0.3) is 0 Å². The van der Waals surface area contributed by atoms with Gasteiger partial charge in [-0.25, -0.2) is 12.8 Å². The van der Waals surface area contributed by atoms with Gasteiger partial charge in [0.2, 0.25) is 10.0 Å². The van der Waals surface area contributed by atoms with Gasteiger partial charge in [-0.1, -0.05) is 38.1 Å². The number of fused-ring (bicyclic) bond motifs is 1. The minimum atomic E-state index is -3.50. The Bertz CT molecular complexity index is 1400. The molecule has 0 spiro atoms. The summed E-state index contributed by atoms with van der Waals surface area (Å²) in [5.41, 5.74) is 9.91. The summed E-state index contributed by atoms with van der Waals surface area (Å²) in [6.07, 6.45) is 5.19. The minimum Gasteiger partial charge on any atom is -0.375 e. The molecule has 0 aromatic heterocycles. The number of anilines is 1. The molecule has 264 valence electrons. The van der Waals surface area contributed by atoms with Gasteiger partial charge in [-0.05, 0) is 140 Å². The normalized spacial score (nSPS) is 20.0. The third-order valence-electron chi connectivity index (χ3n) is 11.0. The van der Waals surface area contributed by atoms with Crippen LogP contribution in [-0.2, 0) is 21.2 Å². The van der Waals surface area contributed by atoms with Crippen LogP contribution in [0.1, 0.15) is 102 Å². The van der Waals surface area contributed by atoms with E-state index < -0.39 is 14.8 Å². The highest BCUT2D eigenvalue weighted by atomic mass is 32.2. The molecule has 0 amide bonds. The molecule has 4 atom stereocenters. The van der Waals surface area contributed by atoms with Crippen molar-refractivity contribution >= 4 is 15.7 Å². The maximum atomic E-state index is 14.9. The van der Waals surface area contributed by atoms with E-state index in [1.807, 2.05) is 33.8 Å². The fourth-order valence-electron chi connectivity index (χ4n) is 7.84. The number of nitrogens with zero attached hydrogens (tertiary/aromatic N) is 3. The summed E-state index contributed by atoms with van der Waals surface area (Å²) in [5.74, 6) is 0.957. The van der Waals surface area contributed by atoms with Crippen molar-refractivity contribution in [3.8, 4) is 0 Å². The van der Waals surface area contributed by atoms with E-state index >= 15 is 0 Å². The number of ether oxygens (including phenoxy) is 1. The van der Waals surface area contributed by atoms with Crippen molar-refractivity contribution in [1.29, 1.82) is 0 Å². The molecule has 1 saturated heterocycles. The Kier molecular flexibility index (Phi) is 12.6. The average molecular weight is 673 g/mol. The Morgan fingerprint density at radius 2 is 1.68 bits per heavy atom. The van der Waals surface area contributed by atoms with E-state index in [0.717, 1.165) is 43.4 Å². The van der Waals surface area contributed by atoms with Crippen LogP contribution >= 0.6 is 0 Å². The lowest BCUT2D eigenvalue weighted by Crippen LogP contribution is -2.54. The average Bonchev–Trinajstić information content (AvgIpc) is 3.47. The molecular formula is C38H61FN4O3S. The number of aryl methyl sites for hydroxylation is 1. The summed E-state index contributed by atoms with van der Waals surface area (Å²) in [6, 6.07) is 14.8. The zero-order chi connectivity index (χ0) is 34.6. The maximum Gasteiger partial charge on any atom is 0.219 e. The number of likely N-dealkylation sites (N-methyl/N-ethyl adjacent to an activating group) is 1. The van der Waals surface area contributed by atoms with Crippen LogP contribution < -0.4 is 10.6 Å². The lowest BCUT2D eigenvalue weighted by Gasteiger charge is -2.39. The molecule has 0 bridgehead atoms. The second-order valence-electron chi connectivity index (χ2n) is 15.4. The maximum absolute atomic E-state index is 14.9. The first-order valence-corrected chi connectivity index (χ1v) is 19.2. The predicted octanol–water partition coefficient (Wildman–Crippen LogP) is 6.77. The monoisotopic (exact) mass is 672 g/mol. The summed E-state index contributed by atoms with van der Waals surface area (Å²) < 4.78 is 48.9. The van der Waals surface area contributed by atoms with Crippen LogP contribution in [0.15, 0.2) is 42.5 Å². The first-order valence-electron chi connectivity index (χ1n) is 17.7. The van der Waals surface area contributed by atoms with Crippen molar-refractivity contribution in [2.75, 3.05) is 58.3 Å². The second kappa shape index (κ2) is 15.7. The molecule has 0 radical (unpaired) electrons. The highest BCUT2D eigenvalue weighted by Crippen LogP contribution is 2.43. The van der Waals surface area contributed by atoms with E-state index in [-0.39, 0.29) is 17.3 Å². The van der Waals surface area contributed by atoms with E-state index in [2.05, 4.69) is 68.1 Å². The van der Waals surface area contributed by atoms with Gasteiger partial charge in [0.1, 0.15) is 5.82 Å². The van der Waals surface area contributed by atoms with Crippen LogP contribution in [0.3, 0.4) is 0 Å². The summed E-state index contributed by atoms with van der Waals surface area (Å²) >= 11 is 0. The number of sulfonamides is 1. The van der Waals surface area contributed by atoms with Gasteiger partial charge in [-0.15, -0.1) is 0 Å². The van der Waals surface area contributed by atoms with Crippen LogP contribution in [0.2, 0.25) is 0 Å². The van der Waals surface area contributed by atoms with Gasteiger partial charge in [-0.3, -0.25) is 0 Å². The summed E-state index contributed by atoms with van der Waals surface area (Å²) in [4.78, 5) is 4.64. The predicted molar refractivity (Wildman–Crippen MR) is 193 cm³/mol. The van der Waals surface area contributed by atoms with E-state index in [0.29, 0.717) is 63.6 Å². The molecule has 2 N–H and O–H groups in total. The number of hydrogen-bond acceptors (Lipinski definition) is 6. The third-order valence-corrected chi connectivity index (χ3v) is 13.7. The third kappa shape index (κ3) is 8.77. The van der Waals surface area contributed by atoms with Crippen LogP contribution in [0.25, 0.3) is 0 Å². The molecule has 1 aliphatic carbocycles. The number of rotatable bonds is 16. The topological polar surface area (TPSA) is 79.1 Å². The fourth-order valence-corrected chi connectivity index (χ4v) is 9.52. The van der Waals surface area contributed by atoms with E-state index in [1.54, 1.807) is 10.4 Å². The van der Waals surface area contributed by atoms with Crippen LogP contribution in [0.5, 0.6) is 0 Å². The molecule has 1 fully saturated rings. The largest absolute Gasteiger partial charge is 0.375 e. The molecule has 7 nitrogen and oxygen atoms in total. The first-order chi connectivity index (χ1) is 22.1. The van der Waals surface area contributed by atoms with E-state index in [1.165, 1.54) is 11.1 Å². The number of piperazine rings is 1. The molecule has 1 aliphatic heterocycles. The number of benzene rings is 2. The van der Waals surface area contributed by atoms with Gasteiger partial charge in [0.05, 0.1) is 10.3 Å². The molecular weight excluding hydrogens is 612 g/mol. The summed E-state index contributed by atoms with van der Waals surface area (Å²) in [7, 11) is 0.843. The standard InChI is InChI=1S/C38H61FN4O3S/c1-9-32(35(41(7)8)27-28(2)33-18-15-30-11-10-12-34(39)36(30)33)29-13-16-31(17-14-29)42-22-24-43(25-23-42)47(44,45)38(5,6)20-26-46-37(3,4)19-21-40/h10-14,16-17,28,32-33,35H,9,15,18-27,40H2,1-8H3/t28?,32-,33?,35+/m1/s1. The molecule has 2 unspecified atom stereocenters. The first kappa shape index (κ1) is 37.8. The van der Waals surface area contributed by atoms with E-state index in [9.17, 15) is 12.8 Å². The number of nitrogens with two attached hydrogens (primary N) is 1. The zero-order valence-corrected chi connectivity index (χ0v) is 31.1. The SMILES string of the molecule is CC[C@H](c1ccc(N2CCN(S(=O)(=O)C(C)(C)CCOC(C)(C)CCN)CC2)cc1)[C@H](CC(C)C1CCc2cccc(F)c21)N(C)C.